The molecule has 1 aliphatic rings. The van der Waals surface area contributed by atoms with Crippen molar-refractivity contribution in [1.29, 1.82) is 0 Å². The van der Waals surface area contributed by atoms with Crippen molar-refractivity contribution in [3.8, 4) is 0 Å². The van der Waals surface area contributed by atoms with Gasteiger partial charge in [0, 0.05) is 12.2 Å². The lowest BCUT2D eigenvalue weighted by Gasteiger charge is -2.35. The Bertz CT molecular complexity index is 406. The standard InChI is InChI=1S/C13H18N2O2/c1-9-2-3-11(15-8-9)13(12(16)17)6-4-10(14)5-7-13/h2-3,8,10H,4-7,14H2,1H3,(H,16,17). The van der Waals surface area contributed by atoms with E-state index in [0.29, 0.717) is 18.5 Å². The molecule has 3 N–H and O–H groups in total. The topological polar surface area (TPSA) is 76.2 Å². The number of rotatable bonds is 2. The molecule has 0 saturated heterocycles. The molecule has 17 heavy (non-hydrogen) atoms. The molecule has 4 heteroatoms. The van der Waals surface area contributed by atoms with E-state index in [1.165, 1.54) is 0 Å². The van der Waals surface area contributed by atoms with Crippen LogP contribution in [-0.4, -0.2) is 22.1 Å². The van der Waals surface area contributed by atoms with E-state index in [9.17, 15) is 9.90 Å². The lowest BCUT2D eigenvalue weighted by molar-refractivity contribution is -0.145. The largest absolute Gasteiger partial charge is 0.481 e. The number of carbonyl (C=O) groups is 1. The fraction of sp³-hybridized carbons (Fsp3) is 0.538. The van der Waals surface area contributed by atoms with Gasteiger partial charge in [-0.2, -0.15) is 0 Å². The van der Waals surface area contributed by atoms with E-state index in [1.807, 2.05) is 19.1 Å². The van der Waals surface area contributed by atoms with E-state index in [4.69, 9.17) is 5.73 Å². The number of nitrogens with zero attached hydrogens (tertiary/aromatic N) is 1. The number of nitrogens with two attached hydrogens (primary N) is 1. The third-order valence-corrected chi connectivity index (χ3v) is 3.69. The minimum absolute atomic E-state index is 0.132. The van der Waals surface area contributed by atoms with Gasteiger partial charge in [0.2, 0.25) is 0 Å². The highest BCUT2D eigenvalue weighted by Crippen LogP contribution is 2.38. The van der Waals surface area contributed by atoms with E-state index in [2.05, 4.69) is 4.98 Å². The van der Waals surface area contributed by atoms with Crippen LogP contribution in [0.5, 0.6) is 0 Å². The fourth-order valence-electron chi connectivity index (χ4n) is 2.46. The van der Waals surface area contributed by atoms with Gasteiger partial charge in [0.1, 0.15) is 5.41 Å². The smallest absolute Gasteiger partial charge is 0.315 e. The highest BCUT2D eigenvalue weighted by molar-refractivity contribution is 5.80. The summed E-state index contributed by atoms with van der Waals surface area (Å²) < 4.78 is 0. The van der Waals surface area contributed by atoms with Gasteiger partial charge in [-0.05, 0) is 44.2 Å². The van der Waals surface area contributed by atoms with Crippen LogP contribution in [-0.2, 0) is 10.2 Å². The molecule has 1 aliphatic carbocycles. The number of pyridine rings is 1. The Balaban J connectivity index is 2.35. The first-order chi connectivity index (χ1) is 8.04. The number of carboxylic acids is 1. The second kappa shape index (κ2) is 4.45. The zero-order chi connectivity index (χ0) is 12.5. The molecule has 1 saturated carbocycles. The summed E-state index contributed by atoms with van der Waals surface area (Å²) in [5.74, 6) is -0.777. The van der Waals surface area contributed by atoms with Crippen molar-refractivity contribution in [3.05, 3.63) is 29.6 Å². The Labute approximate surface area is 101 Å². The van der Waals surface area contributed by atoms with Crippen LogP contribution in [0.4, 0.5) is 0 Å². The number of aromatic nitrogens is 1. The average Bonchev–Trinajstić information content (AvgIpc) is 2.31. The van der Waals surface area contributed by atoms with Crippen LogP contribution in [0.15, 0.2) is 18.3 Å². The molecular weight excluding hydrogens is 216 g/mol. The molecule has 1 aromatic rings. The molecular formula is C13H18N2O2. The average molecular weight is 234 g/mol. The van der Waals surface area contributed by atoms with Crippen molar-refractivity contribution < 1.29 is 9.90 Å². The van der Waals surface area contributed by atoms with Gasteiger partial charge in [-0.25, -0.2) is 0 Å². The quantitative estimate of drug-likeness (QED) is 0.815. The third-order valence-electron chi connectivity index (χ3n) is 3.69. The third kappa shape index (κ3) is 2.17. The highest BCUT2D eigenvalue weighted by atomic mass is 16.4. The van der Waals surface area contributed by atoms with Crippen molar-refractivity contribution in [2.45, 2.75) is 44.1 Å². The second-order valence-corrected chi connectivity index (χ2v) is 4.95. The summed E-state index contributed by atoms with van der Waals surface area (Å²) in [4.78, 5) is 15.9. The zero-order valence-corrected chi connectivity index (χ0v) is 10.0. The maximum absolute atomic E-state index is 11.6. The maximum atomic E-state index is 11.6. The van der Waals surface area contributed by atoms with Crippen molar-refractivity contribution in [3.63, 3.8) is 0 Å². The van der Waals surface area contributed by atoms with Crippen LogP contribution in [0.25, 0.3) is 0 Å². The predicted molar refractivity (Wildman–Crippen MR) is 64.7 cm³/mol. The van der Waals surface area contributed by atoms with Gasteiger partial charge in [0.05, 0.1) is 5.69 Å². The van der Waals surface area contributed by atoms with Crippen LogP contribution < -0.4 is 5.73 Å². The van der Waals surface area contributed by atoms with Crippen molar-refractivity contribution >= 4 is 5.97 Å². The summed E-state index contributed by atoms with van der Waals surface area (Å²) in [5.41, 5.74) is 6.73. The molecule has 1 fully saturated rings. The number of hydrogen-bond donors (Lipinski definition) is 2. The second-order valence-electron chi connectivity index (χ2n) is 4.95. The molecule has 0 aliphatic heterocycles. The van der Waals surface area contributed by atoms with Crippen LogP contribution in [0, 0.1) is 6.92 Å². The molecule has 0 aromatic carbocycles. The molecule has 0 radical (unpaired) electrons. The molecule has 1 aromatic heterocycles. The van der Waals surface area contributed by atoms with E-state index in [1.54, 1.807) is 6.20 Å². The summed E-state index contributed by atoms with van der Waals surface area (Å²) in [6.45, 7) is 1.95. The van der Waals surface area contributed by atoms with Gasteiger partial charge >= 0.3 is 5.97 Å². The lowest BCUT2D eigenvalue weighted by Crippen LogP contribution is -2.43. The Morgan fingerprint density at radius 1 is 1.47 bits per heavy atom. The summed E-state index contributed by atoms with van der Waals surface area (Å²) in [6, 6.07) is 3.88. The number of aryl methyl sites for hydroxylation is 1. The van der Waals surface area contributed by atoms with Crippen molar-refractivity contribution in [1.82, 2.24) is 4.98 Å². The van der Waals surface area contributed by atoms with Gasteiger partial charge in [-0.15, -0.1) is 0 Å². The molecule has 0 unspecified atom stereocenters. The monoisotopic (exact) mass is 234 g/mol. The van der Waals surface area contributed by atoms with Crippen LogP contribution in [0.1, 0.15) is 36.9 Å². The van der Waals surface area contributed by atoms with Gasteiger partial charge < -0.3 is 10.8 Å². The molecule has 1 heterocycles. The molecule has 0 atom stereocenters. The number of aliphatic carboxylic acids is 1. The summed E-state index contributed by atoms with van der Waals surface area (Å²) in [7, 11) is 0. The highest BCUT2D eigenvalue weighted by Gasteiger charge is 2.44. The summed E-state index contributed by atoms with van der Waals surface area (Å²) >= 11 is 0. The first kappa shape index (κ1) is 12.0. The van der Waals surface area contributed by atoms with E-state index in [0.717, 1.165) is 18.4 Å². The Kier molecular flexibility index (Phi) is 3.15. The maximum Gasteiger partial charge on any atom is 0.315 e. The minimum Gasteiger partial charge on any atom is -0.481 e. The van der Waals surface area contributed by atoms with Crippen LogP contribution in [0.2, 0.25) is 0 Å². The van der Waals surface area contributed by atoms with Gasteiger partial charge in [-0.3, -0.25) is 9.78 Å². The summed E-state index contributed by atoms with van der Waals surface area (Å²) in [6.07, 6.45) is 4.40. The molecule has 92 valence electrons. The fourth-order valence-corrected chi connectivity index (χ4v) is 2.46. The van der Waals surface area contributed by atoms with Crippen molar-refractivity contribution in [2.75, 3.05) is 0 Å². The Morgan fingerprint density at radius 3 is 2.59 bits per heavy atom. The van der Waals surface area contributed by atoms with Crippen LogP contribution >= 0.6 is 0 Å². The van der Waals surface area contributed by atoms with Gasteiger partial charge in [-0.1, -0.05) is 6.07 Å². The zero-order valence-electron chi connectivity index (χ0n) is 10.0. The molecule has 4 nitrogen and oxygen atoms in total. The molecule has 0 spiro atoms. The van der Waals surface area contributed by atoms with E-state index < -0.39 is 11.4 Å². The minimum atomic E-state index is -0.830. The Hall–Kier alpha value is -1.42. The molecule has 0 amide bonds. The lowest BCUT2D eigenvalue weighted by atomic mass is 9.70. The Morgan fingerprint density at radius 2 is 2.12 bits per heavy atom. The number of carboxylic acid groups (broad SMARTS) is 1. The predicted octanol–water partition coefficient (Wildman–Crippen LogP) is 1.61. The van der Waals surface area contributed by atoms with E-state index >= 15 is 0 Å². The summed E-state index contributed by atoms with van der Waals surface area (Å²) in [5, 5.41) is 9.52. The van der Waals surface area contributed by atoms with Gasteiger partial charge in [0.15, 0.2) is 0 Å². The normalized spacial score (nSPS) is 28.9. The first-order valence-electron chi connectivity index (χ1n) is 5.97. The van der Waals surface area contributed by atoms with Crippen LogP contribution in [0.3, 0.4) is 0 Å². The first-order valence-corrected chi connectivity index (χ1v) is 5.97. The van der Waals surface area contributed by atoms with Crippen molar-refractivity contribution in [2.24, 2.45) is 5.73 Å². The van der Waals surface area contributed by atoms with E-state index in [-0.39, 0.29) is 6.04 Å². The SMILES string of the molecule is Cc1ccc(C2(C(=O)O)CCC(N)CC2)nc1. The van der Waals surface area contributed by atoms with Gasteiger partial charge in [0.25, 0.3) is 0 Å². The number of hydrogen-bond acceptors (Lipinski definition) is 3. The molecule has 0 bridgehead atoms. The molecule has 2 rings (SSSR count).